The van der Waals surface area contributed by atoms with Crippen molar-refractivity contribution in [1.82, 2.24) is 9.97 Å². The summed E-state index contributed by atoms with van der Waals surface area (Å²) in [5.41, 5.74) is 2.35. The molecule has 2 heterocycles. The van der Waals surface area contributed by atoms with Gasteiger partial charge in [0.2, 0.25) is 0 Å². The molecule has 0 spiro atoms. The molecule has 0 aliphatic heterocycles. The highest BCUT2D eigenvalue weighted by Gasteiger charge is 1.92. The highest BCUT2D eigenvalue weighted by atomic mass is 16.0. The van der Waals surface area contributed by atoms with Gasteiger partial charge in [-0.3, -0.25) is 9.97 Å². The van der Waals surface area contributed by atoms with Crippen molar-refractivity contribution in [2.24, 2.45) is 0 Å². The third kappa shape index (κ3) is 2.62. The van der Waals surface area contributed by atoms with Gasteiger partial charge in [0.05, 0.1) is 0 Å². The van der Waals surface area contributed by atoms with Crippen LogP contribution >= 0.6 is 0 Å². The zero-order chi connectivity index (χ0) is 8.23. The summed E-state index contributed by atoms with van der Waals surface area (Å²) in [5.74, 6) is 0. The summed E-state index contributed by atoms with van der Waals surface area (Å²) < 4.78 is 0. The first-order valence-corrected chi connectivity index (χ1v) is 3.77. The number of aromatic nitrogens is 2. The lowest BCUT2D eigenvalue weighted by Gasteiger charge is -1.97. The minimum atomic E-state index is 0. The Balaban J connectivity index is 0.000000845. The minimum Gasteiger partial charge on any atom is -0.412 e. The normalized spacial score (nSPS) is 8.29. The second kappa shape index (κ2) is 5.80. The Hall–Kier alpha value is -1.78. The van der Waals surface area contributed by atoms with Crippen molar-refractivity contribution in [3.05, 3.63) is 49.1 Å². The first-order chi connectivity index (χ1) is 5.97. The fourth-order valence-corrected chi connectivity index (χ4v) is 1.09. The van der Waals surface area contributed by atoms with E-state index in [1.807, 2.05) is 24.3 Å². The fraction of sp³-hybridized carbons (Fsp3) is 0. The summed E-state index contributed by atoms with van der Waals surface area (Å²) in [5, 5.41) is 0. The van der Waals surface area contributed by atoms with Crippen LogP contribution < -0.4 is 0 Å². The second-order valence-corrected chi connectivity index (χ2v) is 2.47. The van der Waals surface area contributed by atoms with E-state index in [1.54, 1.807) is 24.8 Å². The fourth-order valence-electron chi connectivity index (χ4n) is 1.09. The van der Waals surface area contributed by atoms with E-state index in [1.165, 1.54) is 11.1 Å². The van der Waals surface area contributed by atoms with Crippen LogP contribution in [-0.2, 0) is 0 Å². The van der Waals surface area contributed by atoms with Crippen LogP contribution in [0.5, 0.6) is 0 Å². The number of hydrogen-bond donors (Lipinski definition) is 0. The largest absolute Gasteiger partial charge is 0.412 e. The molecular formula is C10H12N2O2. The molecule has 4 N–H and O–H groups in total. The Morgan fingerprint density at radius 1 is 0.571 bits per heavy atom. The van der Waals surface area contributed by atoms with Gasteiger partial charge in [-0.1, -0.05) is 0 Å². The number of nitrogens with zero attached hydrogens (tertiary/aromatic N) is 2. The van der Waals surface area contributed by atoms with E-state index in [0.29, 0.717) is 0 Å². The summed E-state index contributed by atoms with van der Waals surface area (Å²) in [6.07, 6.45) is 7.15. The maximum atomic E-state index is 3.96. The molecule has 0 saturated heterocycles. The molecule has 0 bridgehead atoms. The van der Waals surface area contributed by atoms with Gasteiger partial charge in [-0.05, 0) is 35.4 Å². The van der Waals surface area contributed by atoms with Crippen molar-refractivity contribution in [3.63, 3.8) is 0 Å². The van der Waals surface area contributed by atoms with Crippen LogP contribution in [-0.4, -0.2) is 20.9 Å². The van der Waals surface area contributed by atoms with Gasteiger partial charge in [-0.25, -0.2) is 0 Å². The SMILES string of the molecule is O.O.c1cc(-c2ccncc2)ccn1. The van der Waals surface area contributed by atoms with Crippen molar-refractivity contribution in [1.29, 1.82) is 0 Å². The molecule has 0 atom stereocenters. The third-order valence-electron chi connectivity index (χ3n) is 1.69. The lowest BCUT2D eigenvalue weighted by atomic mass is 10.1. The van der Waals surface area contributed by atoms with E-state index >= 15 is 0 Å². The number of rotatable bonds is 1. The molecule has 0 unspecified atom stereocenters. The predicted molar refractivity (Wildman–Crippen MR) is 54.7 cm³/mol. The zero-order valence-corrected chi connectivity index (χ0v) is 7.51. The number of hydrogen-bond acceptors (Lipinski definition) is 2. The Labute approximate surface area is 81.9 Å². The third-order valence-corrected chi connectivity index (χ3v) is 1.69. The number of pyridine rings is 2. The summed E-state index contributed by atoms with van der Waals surface area (Å²) in [6, 6.07) is 7.93. The van der Waals surface area contributed by atoms with Gasteiger partial charge in [-0.2, -0.15) is 0 Å². The van der Waals surface area contributed by atoms with Crippen LogP contribution in [0.15, 0.2) is 49.1 Å². The first-order valence-electron chi connectivity index (χ1n) is 3.77. The highest BCUT2D eigenvalue weighted by molar-refractivity contribution is 5.61. The van der Waals surface area contributed by atoms with Crippen LogP contribution in [0.2, 0.25) is 0 Å². The van der Waals surface area contributed by atoms with Gasteiger partial charge in [0, 0.05) is 24.8 Å². The van der Waals surface area contributed by atoms with Crippen molar-refractivity contribution in [3.8, 4) is 11.1 Å². The van der Waals surface area contributed by atoms with E-state index < -0.39 is 0 Å². The highest BCUT2D eigenvalue weighted by Crippen LogP contribution is 2.15. The van der Waals surface area contributed by atoms with E-state index in [0.717, 1.165) is 0 Å². The van der Waals surface area contributed by atoms with Gasteiger partial charge < -0.3 is 11.0 Å². The van der Waals surface area contributed by atoms with Gasteiger partial charge in [0.1, 0.15) is 0 Å². The van der Waals surface area contributed by atoms with Gasteiger partial charge >= 0.3 is 0 Å². The molecule has 0 radical (unpaired) electrons. The molecule has 0 aliphatic rings. The molecule has 0 aromatic carbocycles. The predicted octanol–water partition coefficient (Wildman–Crippen LogP) is 0.494. The molecule has 0 saturated carbocycles. The van der Waals surface area contributed by atoms with Gasteiger partial charge in [-0.15, -0.1) is 0 Å². The Bertz CT molecular complexity index is 314. The summed E-state index contributed by atoms with van der Waals surface area (Å²) in [6.45, 7) is 0. The lowest BCUT2D eigenvalue weighted by molar-refractivity contribution is 0.823. The summed E-state index contributed by atoms with van der Waals surface area (Å²) in [4.78, 5) is 7.91. The van der Waals surface area contributed by atoms with Crippen LogP contribution in [0.1, 0.15) is 0 Å². The van der Waals surface area contributed by atoms with E-state index in [9.17, 15) is 0 Å². The van der Waals surface area contributed by atoms with Crippen LogP contribution in [0, 0.1) is 0 Å². The van der Waals surface area contributed by atoms with E-state index in [4.69, 9.17) is 0 Å². The van der Waals surface area contributed by atoms with Crippen molar-refractivity contribution in [2.75, 3.05) is 0 Å². The molecule has 4 nitrogen and oxygen atoms in total. The van der Waals surface area contributed by atoms with Crippen molar-refractivity contribution in [2.45, 2.75) is 0 Å². The molecule has 4 heteroatoms. The Morgan fingerprint density at radius 3 is 1.14 bits per heavy atom. The summed E-state index contributed by atoms with van der Waals surface area (Å²) >= 11 is 0. The minimum absolute atomic E-state index is 0. The van der Waals surface area contributed by atoms with E-state index in [2.05, 4.69) is 9.97 Å². The van der Waals surface area contributed by atoms with E-state index in [-0.39, 0.29) is 11.0 Å². The average molecular weight is 192 g/mol. The Kier molecular flexibility index (Phi) is 5.06. The topological polar surface area (TPSA) is 88.8 Å². The quantitative estimate of drug-likeness (QED) is 0.658. The molecule has 2 aromatic heterocycles. The van der Waals surface area contributed by atoms with Crippen LogP contribution in [0.25, 0.3) is 11.1 Å². The monoisotopic (exact) mass is 192 g/mol. The molecule has 2 aromatic rings. The first kappa shape index (κ1) is 12.2. The van der Waals surface area contributed by atoms with Gasteiger partial charge in [0.25, 0.3) is 0 Å². The van der Waals surface area contributed by atoms with Crippen molar-refractivity contribution >= 4 is 0 Å². The lowest BCUT2D eigenvalue weighted by Crippen LogP contribution is -1.77. The zero-order valence-electron chi connectivity index (χ0n) is 7.51. The average Bonchev–Trinajstić information content (AvgIpc) is 2.21. The molecule has 74 valence electrons. The molecule has 14 heavy (non-hydrogen) atoms. The molecular weight excluding hydrogens is 180 g/mol. The smallest absolute Gasteiger partial charge is 0.0273 e. The van der Waals surface area contributed by atoms with Crippen molar-refractivity contribution < 1.29 is 11.0 Å². The Morgan fingerprint density at radius 2 is 0.857 bits per heavy atom. The maximum absolute atomic E-state index is 3.96. The van der Waals surface area contributed by atoms with Crippen LogP contribution in [0.4, 0.5) is 0 Å². The maximum Gasteiger partial charge on any atom is 0.0273 e. The summed E-state index contributed by atoms with van der Waals surface area (Å²) in [7, 11) is 0. The molecule has 2 rings (SSSR count). The second-order valence-electron chi connectivity index (χ2n) is 2.47. The van der Waals surface area contributed by atoms with Gasteiger partial charge in [0.15, 0.2) is 0 Å². The standard InChI is InChI=1S/C10H8N2.2H2O/c1-5-11-6-2-9(1)10-3-7-12-8-4-10;;/h1-8H;2*1H2. The molecule has 0 amide bonds. The molecule has 0 fully saturated rings. The van der Waals surface area contributed by atoms with Crippen LogP contribution in [0.3, 0.4) is 0 Å². The molecule has 0 aliphatic carbocycles.